The molecule has 1 saturated heterocycles. The van der Waals surface area contributed by atoms with Gasteiger partial charge in [0, 0.05) is 31.5 Å². The molecule has 1 aliphatic heterocycles. The van der Waals surface area contributed by atoms with Crippen LogP contribution in [0.2, 0.25) is 0 Å². The number of ether oxygens (including phenoxy) is 1. The van der Waals surface area contributed by atoms with Crippen LogP contribution in [0, 0.1) is 5.41 Å². The van der Waals surface area contributed by atoms with Crippen molar-refractivity contribution in [2.75, 3.05) is 33.4 Å². The van der Waals surface area contributed by atoms with Crippen LogP contribution >= 0.6 is 12.4 Å². The van der Waals surface area contributed by atoms with E-state index in [0.29, 0.717) is 13.2 Å². The number of nitrogens with one attached hydrogen (secondary N) is 2. The lowest BCUT2D eigenvalue weighted by molar-refractivity contribution is 0.0577. The van der Waals surface area contributed by atoms with Crippen LogP contribution in [0.4, 0.5) is 0 Å². The van der Waals surface area contributed by atoms with Crippen molar-refractivity contribution in [3.8, 4) is 0 Å². The van der Waals surface area contributed by atoms with E-state index >= 15 is 0 Å². The summed E-state index contributed by atoms with van der Waals surface area (Å²) in [6.45, 7) is 2.72. The number of methoxy groups -OCH3 is 1. The molecule has 1 fully saturated rings. The number of piperidine rings is 1. The molecule has 0 amide bonds. The molecule has 21 heavy (non-hydrogen) atoms. The predicted molar refractivity (Wildman–Crippen MR) is 83.1 cm³/mol. The Morgan fingerprint density at radius 3 is 2.71 bits per heavy atom. The largest absolute Gasteiger partial charge is 0.384 e. The second-order valence-corrected chi connectivity index (χ2v) is 6.96. The van der Waals surface area contributed by atoms with E-state index in [1.165, 1.54) is 6.20 Å². The van der Waals surface area contributed by atoms with Gasteiger partial charge in [-0.2, -0.15) is 0 Å². The van der Waals surface area contributed by atoms with E-state index in [4.69, 9.17) is 4.74 Å². The third-order valence-corrected chi connectivity index (χ3v) is 5.08. The summed E-state index contributed by atoms with van der Waals surface area (Å²) in [5, 5.41) is 3.28. The van der Waals surface area contributed by atoms with Crippen molar-refractivity contribution in [2.24, 2.45) is 5.41 Å². The second-order valence-electron chi connectivity index (χ2n) is 5.20. The molecule has 0 bridgehead atoms. The Labute approximate surface area is 132 Å². The van der Waals surface area contributed by atoms with E-state index in [0.717, 1.165) is 25.9 Å². The first-order valence-electron chi connectivity index (χ1n) is 6.67. The number of hydrogen-bond donors (Lipinski definition) is 2. The summed E-state index contributed by atoms with van der Waals surface area (Å²) in [4.78, 5) is 4.04. The Balaban J connectivity index is 0.00000220. The molecule has 6 nitrogen and oxygen atoms in total. The van der Waals surface area contributed by atoms with E-state index in [1.54, 1.807) is 25.4 Å². The third kappa shape index (κ3) is 4.89. The summed E-state index contributed by atoms with van der Waals surface area (Å²) in [5.74, 6) is 0. The molecule has 2 heterocycles. The monoisotopic (exact) mass is 335 g/mol. The minimum absolute atomic E-state index is 0. The van der Waals surface area contributed by atoms with Crippen molar-refractivity contribution in [3.05, 3.63) is 24.5 Å². The van der Waals surface area contributed by atoms with Gasteiger partial charge in [-0.15, -0.1) is 12.4 Å². The molecule has 1 aromatic heterocycles. The highest BCUT2D eigenvalue weighted by molar-refractivity contribution is 7.89. The topological polar surface area (TPSA) is 80.3 Å². The molecule has 0 aromatic carbocycles. The van der Waals surface area contributed by atoms with Crippen LogP contribution < -0.4 is 10.0 Å². The van der Waals surface area contributed by atoms with E-state index < -0.39 is 10.0 Å². The normalized spacial score (nSPS) is 18.0. The molecule has 0 unspecified atom stereocenters. The standard InChI is InChI=1S/C13H21N3O3S.ClH/c1-19-11-13(4-7-14-8-5-13)10-16-20(17,18)12-3-2-6-15-9-12;/h2-3,6,9,14,16H,4-5,7-8,10-11H2,1H3;1H. The van der Waals surface area contributed by atoms with Gasteiger partial charge in [0.25, 0.3) is 0 Å². The first kappa shape index (κ1) is 18.3. The quantitative estimate of drug-likeness (QED) is 0.803. The molecular weight excluding hydrogens is 314 g/mol. The number of nitrogens with zero attached hydrogens (tertiary/aromatic N) is 1. The van der Waals surface area contributed by atoms with E-state index in [2.05, 4.69) is 15.0 Å². The molecule has 0 aliphatic carbocycles. The molecule has 8 heteroatoms. The van der Waals surface area contributed by atoms with Crippen LogP contribution in [0.15, 0.2) is 29.4 Å². The Bertz CT molecular complexity index is 513. The molecule has 0 atom stereocenters. The van der Waals surface area contributed by atoms with Crippen molar-refractivity contribution in [2.45, 2.75) is 17.7 Å². The SMILES string of the molecule is COCC1(CNS(=O)(=O)c2cccnc2)CCNCC1.Cl. The smallest absolute Gasteiger partial charge is 0.242 e. The van der Waals surface area contributed by atoms with Crippen LogP contribution in [0.5, 0.6) is 0 Å². The molecule has 0 saturated carbocycles. The second kappa shape index (κ2) is 8.05. The number of sulfonamides is 1. The lowest BCUT2D eigenvalue weighted by Gasteiger charge is -2.37. The van der Waals surface area contributed by atoms with Crippen molar-refractivity contribution in [3.63, 3.8) is 0 Å². The van der Waals surface area contributed by atoms with E-state index in [-0.39, 0.29) is 22.7 Å². The fraction of sp³-hybridized carbons (Fsp3) is 0.615. The average molecular weight is 336 g/mol. The van der Waals surface area contributed by atoms with Gasteiger partial charge in [-0.05, 0) is 38.1 Å². The number of aromatic nitrogens is 1. The van der Waals surface area contributed by atoms with Gasteiger partial charge in [-0.25, -0.2) is 13.1 Å². The maximum absolute atomic E-state index is 12.2. The minimum atomic E-state index is -3.50. The first-order chi connectivity index (χ1) is 9.58. The molecule has 0 radical (unpaired) electrons. The Morgan fingerprint density at radius 2 is 2.14 bits per heavy atom. The highest BCUT2D eigenvalue weighted by Gasteiger charge is 2.33. The summed E-state index contributed by atoms with van der Waals surface area (Å²) in [6.07, 6.45) is 4.71. The highest BCUT2D eigenvalue weighted by atomic mass is 35.5. The molecule has 2 N–H and O–H groups in total. The Kier molecular flexibility index (Phi) is 7.02. The van der Waals surface area contributed by atoms with Crippen LogP contribution in [0.1, 0.15) is 12.8 Å². The van der Waals surface area contributed by atoms with Gasteiger partial charge in [0.15, 0.2) is 0 Å². The van der Waals surface area contributed by atoms with E-state index in [9.17, 15) is 8.42 Å². The molecule has 1 aromatic rings. The zero-order valence-electron chi connectivity index (χ0n) is 12.0. The van der Waals surface area contributed by atoms with Gasteiger partial charge in [-0.3, -0.25) is 4.98 Å². The van der Waals surface area contributed by atoms with Gasteiger partial charge >= 0.3 is 0 Å². The van der Waals surface area contributed by atoms with Gasteiger partial charge in [0.1, 0.15) is 4.90 Å². The Morgan fingerprint density at radius 1 is 1.43 bits per heavy atom. The van der Waals surface area contributed by atoms with Gasteiger partial charge in [0.2, 0.25) is 10.0 Å². The summed E-state index contributed by atoms with van der Waals surface area (Å²) in [7, 11) is -1.85. The maximum atomic E-state index is 12.2. The lowest BCUT2D eigenvalue weighted by atomic mass is 9.80. The Hall–Kier alpha value is -0.730. The fourth-order valence-electron chi connectivity index (χ4n) is 2.47. The van der Waals surface area contributed by atoms with Crippen LogP contribution in [-0.2, 0) is 14.8 Å². The van der Waals surface area contributed by atoms with Gasteiger partial charge in [0.05, 0.1) is 6.61 Å². The van der Waals surface area contributed by atoms with Gasteiger partial charge in [-0.1, -0.05) is 0 Å². The maximum Gasteiger partial charge on any atom is 0.242 e. The molecular formula is C13H22ClN3O3S. The van der Waals surface area contributed by atoms with Crippen molar-refractivity contribution < 1.29 is 13.2 Å². The van der Waals surface area contributed by atoms with Crippen molar-refractivity contribution in [1.29, 1.82) is 0 Å². The molecule has 1 aliphatic rings. The molecule has 0 spiro atoms. The first-order valence-corrected chi connectivity index (χ1v) is 8.16. The predicted octanol–water partition coefficient (Wildman–Crippen LogP) is 0.798. The van der Waals surface area contributed by atoms with Crippen molar-refractivity contribution >= 4 is 22.4 Å². The summed E-state index contributed by atoms with van der Waals surface area (Å²) >= 11 is 0. The fourth-order valence-corrected chi connectivity index (χ4v) is 3.59. The third-order valence-electron chi connectivity index (χ3n) is 3.70. The molecule has 2 rings (SSSR count). The zero-order chi connectivity index (χ0) is 14.5. The highest BCUT2D eigenvalue weighted by Crippen LogP contribution is 2.28. The van der Waals surface area contributed by atoms with Gasteiger partial charge < -0.3 is 10.1 Å². The lowest BCUT2D eigenvalue weighted by Crippen LogP contribution is -2.47. The van der Waals surface area contributed by atoms with E-state index in [1.807, 2.05) is 0 Å². The summed E-state index contributed by atoms with van der Waals surface area (Å²) < 4.78 is 32.4. The van der Waals surface area contributed by atoms with Crippen LogP contribution in [0.25, 0.3) is 0 Å². The van der Waals surface area contributed by atoms with Crippen LogP contribution in [-0.4, -0.2) is 46.8 Å². The van der Waals surface area contributed by atoms with Crippen molar-refractivity contribution in [1.82, 2.24) is 15.0 Å². The minimum Gasteiger partial charge on any atom is -0.384 e. The zero-order valence-corrected chi connectivity index (χ0v) is 13.7. The number of hydrogen-bond acceptors (Lipinski definition) is 5. The number of halogens is 1. The average Bonchev–Trinajstić information content (AvgIpc) is 2.48. The van der Waals surface area contributed by atoms with Crippen LogP contribution in [0.3, 0.4) is 0 Å². The summed E-state index contributed by atoms with van der Waals surface area (Å²) in [6, 6.07) is 3.16. The molecule has 120 valence electrons. The number of pyridine rings is 1. The summed E-state index contributed by atoms with van der Waals surface area (Å²) in [5.41, 5.74) is -0.130. The number of rotatable bonds is 6.